The summed E-state index contributed by atoms with van der Waals surface area (Å²) in [4.78, 5) is 24.4. The van der Waals surface area contributed by atoms with Gasteiger partial charge in [0.1, 0.15) is 0 Å². The minimum absolute atomic E-state index is 0.131. The van der Waals surface area contributed by atoms with Crippen LogP contribution in [0.3, 0.4) is 0 Å². The van der Waals surface area contributed by atoms with Gasteiger partial charge in [0.25, 0.3) is 0 Å². The number of nitrogens with one attached hydrogen (secondary N) is 1. The van der Waals surface area contributed by atoms with E-state index in [1.54, 1.807) is 0 Å². The fraction of sp³-hybridized carbons (Fsp3) is 0.778. The summed E-state index contributed by atoms with van der Waals surface area (Å²) < 4.78 is 0. The third-order valence-corrected chi connectivity index (χ3v) is 2.61. The van der Waals surface area contributed by atoms with Gasteiger partial charge in [0.15, 0.2) is 11.8 Å². The van der Waals surface area contributed by atoms with Crippen LogP contribution >= 0.6 is 0 Å². The number of carbonyl (C=O) groups is 2. The summed E-state index contributed by atoms with van der Waals surface area (Å²) in [5.41, 5.74) is 0. The molecule has 0 aromatic carbocycles. The Morgan fingerprint density at radius 3 is 2.57 bits per heavy atom. The predicted molar refractivity (Wildman–Crippen MR) is 51.1 cm³/mol. The molecule has 0 bridgehead atoms. The largest absolute Gasteiger partial charge is 0.480 e. The minimum atomic E-state index is -1.09. The zero-order valence-corrected chi connectivity index (χ0v) is 8.49. The lowest BCUT2D eigenvalue weighted by molar-refractivity contribution is -0.144. The number of ketones is 1. The highest BCUT2D eigenvalue weighted by atomic mass is 16.4. The average Bonchev–Trinajstić information content (AvgIpc) is 2.52. The highest BCUT2D eigenvalue weighted by Crippen LogP contribution is 2.16. The molecule has 1 aliphatic rings. The molecule has 1 heterocycles. The van der Waals surface area contributed by atoms with E-state index >= 15 is 0 Å². The van der Waals surface area contributed by atoms with Gasteiger partial charge >= 0.3 is 5.97 Å². The Kier molecular flexibility index (Phi) is 3.60. The zero-order chi connectivity index (χ0) is 10.7. The van der Waals surface area contributed by atoms with Crippen molar-refractivity contribution in [3.63, 3.8) is 0 Å². The van der Waals surface area contributed by atoms with Crippen molar-refractivity contribution in [2.45, 2.75) is 12.5 Å². The maximum absolute atomic E-state index is 11.7. The number of carboxylic acid groups (broad SMARTS) is 1. The summed E-state index contributed by atoms with van der Waals surface area (Å²) in [7, 11) is 3.43. The van der Waals surface area contributed by atoms with Gasteiger partial charge in [-0.05, 0) is 27.1 Å². The van der Waals surface area contributed by atoms with E-state index in [-0.39, 0.29) is 11.7 Å². The Hall–Kier alpha value is -0.940. The van der Waals surface area contributed by atoms with Crippen LogP contribution in [0.4, 0.5) is 0 Å². The van der Waals surface area contributed by atoms with Crippen molar-refractivity contribution in [3.8, 4) is 0 Å². The minimum Gasteiger partial charge on any atom is -0.480 e. The Morgan fingerprint density at radius 2 is 2.21 bits per heavy atom. The van der Waals surface area contributed by atoms with Crippen LogP contribution in [-0.2, 0) is 9.59 Å². The van der Waals surface area contributed by atoms with E-state index in [1.807, 2.05) is 11.9 Å². The molecule has 0 amide bonds. The van der Waals surface area contributed by atoms with E-state index in [0.717, 1.165) is 13.0 Å². The second-order valence-electron chi connectivity index (χ2n) is 3.71. The van der Waals surface area contributed by atoms with E-state index in [2.05, 4.69) is 5.32 Å². The SMILES string of the molecule is CNC(C(=O)O)C(=O)C1CCN(C)C1. The third-order valence-electron chi connectivity index (χ3n) is 2.61. The smallest absolute Gasteiger partial charge is 0.328 e. The average molecular weight is 200 g/mol. The van der Waals surface area contributed by atoms with Crippen molar-refractivity contribution in [1.29, 1.82) is 0 Å². The van der Waals surface area contributed by atoms with Crippen molar-refractivity contribution in [1.82, 2.24) is 10.2 Å². The summed E-state index contributed by atoms with van der Waals surface area (Å²) in [5, 5.41) is 11.3. The molecule has 2 atom stereocenters. The van der Waals surface area contributed by atoms with Gasteiger partial charge in [-0.25, -0.2) is 0 Å². The normalized spacial score (nSPS) is 24.9. The van der Waals surface area contributed by atoms with Crippen LogP contribution in [0.2, 0.25) is 0 Å². The van der Waals surface area contributed by atoms with Gasteiger partial charge < -0.3 is 15.3 Å². The maximum atomic E-state index is 11.7. The molecule has 0 aliphatic carbocycles. The van der Waals surface area contributed by atoms with Gasteiger partial charge in [0.2, 0.25) is 0 Å². The molecule has 5 heteroatoms. The Balaban J connectivity index is 2.59. The van der Waals surface area contributed by atoms with Crippen LogP contribution in [-0.4, -0.2) is 55.0 Å². The first-order valence-corrected chi connectivity index (χ1v) is 4.68. The van der Waals surface area contributed by atoms with E-state index in [0.29, 0.717) is 6.54 Å². The zero-order valence-electron chi connectivity index (χ0n) is 8.49. The summed E-state index contributed by atoms with van der Waals surface area (Å²) >= 11 is 0. The fourth-order valence-corrected chi connectivity index (χ4v) is 1.79. The number of rotatable bonds is 4. The molecule has 1 fully saturated rings. The number of likely N-dealkylation sites (N-methyl/N-ethyl adjacent to an activating group) is 1. The highest BCUT2D eigenvalue weighted by molar-refractivity contribution is 6.03. The van der Waals surface area contributed by atoms with Gasteiger partial charge in [0.05, 0.1) is 0 Å². The Labute approximate surface area is 83.1 Å². The number of hydrogen-bond donors (Lipinski definition) is 2. The maximum Gasteiger partial charge on any atom is 0.328 e. The number of carbonyl (C=O) groups excluding carboxylic acids is 1. The van der Waals surface area contributed by atoms with Crippen LogP contribution < -0.4 is 5.32 Å². The predicted octanol–water partition coefficient (Wildman–Crippen LogP) is -0.820. The van der Waals surface area contributed by atoms with E-state index < -0.39 is 12.0 Å². The number of Topliss-reactive ketones (excluding diaryl/α,β-unsaturated/α-hetero) is 1. The summed E-state index contributed by atoms with van der Waals surface area (Å²) in [6.45, 7) is 1.54. The van der Waals surface area contributed by atoms with Crippen LogP contribution in [0.1, 0.15) is 6.42 Å². The van der Waals surface area contributed by atoms with Gasteiger partial charge in [0, 0.05) is 12.5 Å². The molecule has 80 valence electrons. The molecule has 0 saturated carbocycles. The first-order valence-electron chi connectivity index (χ1n) is 4.68. The van der Waals surface area contributed by atoms with E-state index in [1.165, 1.54) is 7.05 Å². The molecular weight excluding hydrogens is 184 g/mol. The van der Waals surface area contributed by atoms with Crippen molar-refractivity contribution in [3.05, 3.63) is 0 Å². The molecule has 2 N–H and O–H groups in total. The molecule has 1 saturated heterocycles. The topological polar surface area (TPSA) is 69.6 Å². The van der Waals surface area contributed by atoms with Crippen molar-refractivity contribution < 1.29 is 14.7 Å². The van der Waals surface area contributed by atoms with Gasteiger partial charge in [-0.2, -0.15) is 0 Å². The number of likely N-dealkylation sites (tertiary alicyclic amines) is 1. The molecule has 0 spiro atoms. The molecule has 5 nitrogen and oxygen atoms in total. The van der Waals surface area contributed by atoms with Gasteiger partial charge in [-0.15, -0.1) is 0 Å². The summed E-state index contributed by atoms with van der Waals surface area (Å²) in [5.74, 6) is -1.43. The van der Waals surface area contributed by atoms with E-state index in [4.69, 9.17) is 5.11 Å². The number of nitrogens with zero attached hydrogens (tertiary/aromatic N) is 1. The number of carboxylic acids is 1. The quantitative estimate of drug-likeness (QED) is 0.580. The second-order valence-corrected chi connectivity index (χ2v) is 3.71. The molecule has 14 heavy (non-hydrogen) atoms. The van der Waals surface area contributed by atoms with Gasteiger partial charge in [-0.1, -0.05) is 0 Å². The van der Waals surface area contributed by atoms with Crippen LogP contribution in [0.5, 0.6) is 0 Å². The van der Waals surface area contributed by atoms with E-state index in [9.17, 15) is 9.59 Å². The van der Waals surface area contributed by atoms with Gasteiger partial charge in [-0.3, -0.25) is 9.59 Å². The monoisotopic (exact) mass is 200 g/mol. The lowest BCUT2D eigenvalue weighted by atomic mass is 9.97. The summed E-state index contributed by atoms with van der Waals surface area (Å²) in [6, 6.07) is -1.05. The van der Waals surface area contributed by atoms with Crippen LogP contribution in [0, 0.1) is 5.92 Å². The van der Waals surface area contributed by atoms with Crippen LogP contribution in [0.25, 0.3) is 0 Å². The fourth-order valence-electron chi connectivity index (χ4n) is 1.79. The number of hydrogen-bond acceptors (Lipinski definition) is 4. The first kappa shape index (κ1) is 11.1. The lowest BCUT2D eigenvalue weighted by Gasteiger charge is -2.14. The molecular formula is C9H16N2O3. The molecule has 1 aliphatic heterocycles. The van der Waals surface area contributed by atoms with Crippen molar-refractivity contribution in [2.75, 3.05) is 27.2 Å². The first-order chi connectivity index (χ1) is 6.56. The highest BCUT2D eigenvalue weighted by Gasteiger charge is 2.34. The third kappa shape index (κ3) is 2.30. The van der Waals surface area contributed by atoms with Crippen LogP contribution in [0.15, 0.2) is 0 Å². The second kappa shape index (κ2) is 4.52. The molecule has 2 unspecified atom stereocenters. The van der Waals surface area contributed by atoms with Crippen molar-refractivity contribution >= 4 is 11.8 Å². The molecule has 0 aromatic heterocycles. The Bertz CT molecular complexity index is 242. The molecule has 1 rings (SSSR count). The molecule has 0 aromatic rings. The Morgan fingerprint density at radius 1 is 1.57 bits per heavy atom. The standard InChI is InChI=1S/C9H16N2O3/c1-10-7(9(13)14)8(12)6-3-4-11(2)5-6/h6-7,10H,3-5H2,1-2H3,(H,13,14). The lowest BCUT2D eigenvalue weighted by Crippen LogP contribution is -2.44. The molecule has 0 radical (unpaired) electrons. The number of aliphatic carboxylic acids is 1. The summed E-state index contributed by atoms with van der Waals surface area (Å²) in [6.07, 6.45) is 0.765. The van der Waals surface area contributed by atoms with Crippen molar-refractivity contribution in [2.24, 2.45) is 5.92 Å².